The molecule has 0 aromatic heterocycles. The van der Waals surface area contributed by atoms with Crippen molar-refractivity contribution in [3.05, 3.63) is 24.0 Å². The minimum atomic E-state index is -1.00. The van der Waals surface area contributed by atoms with Crippen LogP contribution in [0.3, 0.4) is 0 Å². The molecule has 1 spiro atoms. The van der Waals surface area contributed by atoms with Crippen LogP contribution in [0.2, 0.25) is 0 Å². The van der Waals surface area contributed by atoms with Crippen LogP contribution in [0.15, 0.2) is 18.2 Å². The predicted molar refractivity (Wildman–Crippen MR) is 114 cm³/mol. The van der Waals surface area contributed by atoms with Gasteiger partial charge < -0.3 is 34.9 Å². The van der Waals surface area contributed by atoms with E-state index in [9.17, 15) is 14.3 Å². The van der Waals surface area contributed by atoms with Crippen molar-refractivity contribution in [1.82, 2.24) is 5.32 Å². The highest BCUT2D eigenvalue weighted by molar-refractivity contribution is 5.89. The second kappa shape index (κ2) is 8.90. The molecule has 2 aliphatic heterocycles. The molecule has 2 amide bonds. The van der Waals surface area contributed by atoms with Crippen LogP contribution in [0.25, 0.3) is 0 Å². The number of nitrogens with zero attached hydrogens (tertiary/aromatic N) is 1. The summed E-state index contributed by atoms with van der Waals surface area (Å²) < 4.78 is 31.8. The number of rotatable bonds is 4. The summed E-state index contributed by atoms with van der Waals surface area (Å²) in [5, 5.41) is 16.1. The molecule has 4 rings (SSSR count). The molecule has 2 saturated heterocycles. The van der Waals surface area contributed by atoms with Gasteiger partial charge in [-0.25, -0.2) is 9.18 Å². The van der Waals surface area contributed by atoms with Crippen LogP contribution in [0.5, 0.6) is 0 Å². The quantitative estimate of drug-likeness (QED) is 0.671. The second-order valence-corrected chi connectivity index (χ2v) is 8.97. The molecule has 9 heteroatoms. The van der Waals surface area contributed by atoms with Gasteiger partial charge in [0.05, 0.1) is 36.7 Å². The number of aliphatic hydroxyl groups is 1. The van der Waals surface area contributed by atoms with Gasteiger partial charge in [-0.3, -0.25) is 0 Å². The highest BCUT2D eigenvalue weighted by Gasteiger charge is 2.45. The predicted octanol–water partition coefficient (Wildman–Crippen LogP) is 2.61. The minimum Gasteiger partial charge on any atom is -0.388 e. The number of benzene rings is 1. The summed E-state index contributed by atoms with van der Waals surface area (Å²) in [5.41, 5.74) is -0.151. The molecule has 1 aromatic carbocycles. The van der Waals surface area contributed by atoms with Crippen molar-refractivity contribution in [1.29, 1.82) is 0 Å². The average molecular weight is 438 g/mol. The van der Waals surface area contributed by atoms with Gasteiger partial charge in [0, 0.05) is 38.2 Å². The monoisotopic (exact) mass is 437 g/mol. The number of amides is 2. The summed E-state index contributed by atoms with van der Waals surface area (Å²) in [6, 6.07) is 4.18. The van der Waals surface area contributed by atoms with E-state index in [1.807, 2.05) is 18.7 Å². The second-order valence-electron chi connectivity index (χ2n) is 8.97. The fourth-order valence-corrected chi connectivity index (χ4v) is 4.69. The maximum atomic E-state index is 14.7. The molecule has 3 N–H and O–H groups in total. The van der Waals surface area contributed by atoms with E-state index in [1.165, 1.54) is 6.07 Å². The number of nitrogens with one attached hydrogen (secondary N) is 2. The zero-order valence-corrected chi connectivity index (χ0v) is 18.2. The van der Waals surface area contributed by atoms with Gasteiger partial charge in [-0.1, -0.05) is 0 Å². The van der Waals surface area contributed by atoms with Crippen LogP contribution in [-0.4, -0.2) is 67.6 Å². The first-order chi connectivity index (χ1) is 14.8. The first-order valence-corrected chi connectivity index (χ1v) is 11.0. The van der Waals surface area contributed by atoms with Crippen LogP contribution >= 0.6 is 0 Å². The van der Waals surface area contributed by atoms with Crippen molar-refractivity contribution in [3.63, 3.8) is 0 Å². The van der Waals surface area contributed by atoms with Gasteiger partial charge in [-0.2, -0.15) is 0 Å². The topological polar surface area (TPSA) is 92.3 Å². The Kier molecular flexibility index (Phi) is 6.39. The molecule has 0 bridgehead atoms. The molecule has 3 aliphatic rings. The van der Waals surface area contributed by atoms with Gasteiger partial charge in [-0.15, -0.1) is 0 Å². The van der Waals surface area contributed by atoms with E-state index in [-0.39, 0.29) is 18.8 Å². The van der Waals surface area contributed by atoms with Crippen molar-refractivity contribution in [2.45, 2.75) is 63.1 Å². The molecule has 2 atom stereocenters. The summed E-state index contributed by atoms with van der Waals surface area (Å²) in [6.07, 6.45) is 2.20. The summed E-state index contributed by atoms with van der Waals surface area (Å²) in [7, 11) is 0. The Labute approximate surface area is 182 Å². The third kappa shape index (κ3) is 5.28. The first-order valence-electron chi connectivity index (χ1n) is 11.0. The van der Waals surface area contributed by atoms with Gasteiger partial charge in [-0.05, 0) is 44.9 Å². The lowest BCUT2D eigenvalue weighted by molar-refractivity contribution is -0.201. The van der Waals surface area contributed by atoms with E-state index in [4.69, 9.17) is 14.2 Å². The smallest absolute Gasteiger partial charge is 0.319 e. The van der Waals surface area contributed by atoms with E-state index in [2.05, 4.69) is 10.6 Å². The molecule has 172 valence electrons. The van der Waals surface area contributed by atoms with Crippen molar-refractivity contribution in [3.8, 4) is 0 Å². The van der Waals surface area contributed by atoms with Gasteiger partial charge in [0.15, 0.2) is 5.79 Å². The Morgan fingerprint density at radius 2 is 1.81 bits per heavy atom. The lowest BCUT2D eigenvalue weighted by Crippen LogP contribution is -2.50. The summed E-state index contributed by atoms with van der Waals surface area (Å²) >= 11 is 0. The van der Waals surface area contributed by atoms with E-state index >= 15 is 0 Å². The molecule has 3 fully saturated rings. The lowest BCUT2D eigenvalue weighted by Gasteiger charge is -2.40. The van der Waals surface area contributed by atoms with Gasteiger partial charge in [0.1, 0.15) is 5.82 Å². The van der Waals surface area contributed by atoms with Gasteiger partial charge >= 0.3 is 6.03 Å². The molecule has 1 aromatic rings. The van der Waals surface area contributed by atoms with E-state index in [0.29, 0.717) is 63.4 Å². The van der Waals surface area contributed by atoms with Gasteiger partial charge in [0.25, 0.3) is 0 Å². The SMILES string of the molecule is C[C@@H]1CN(c2ccc(NC(=O)NCC3(O)CCC4(CC3)OCCO4)cc2F)C[C@@H](C)O1. The highest BCUT2D eigenvalue weighted by atomic mass is 19.1. The molecule has 1 saturated carbocycles. The summed E-state index contributed by atoms with van der Waals surface area (Å²) in [5.74, 6) is -0.962. The first kappa shape index (κ1) is 22.3. The third-order valence-corrected chi connectivity index (χ3v) is 6.30. The number of hydrogen-bond acceptors (Lipinski definition) is 6. The summed E-state index contributed by atoms with van der Waals surface area (Å²) in [6.45, 7) is 6.44. The van der Waals surface area contributed by atoms with Crippen LogP contribution in [0, 0.1) is 5.82 Å². The Morgan fingerprint density at radius 3 is 2.42 bits per heavy atom. The Balaban J connectivity index is 1.28. The number of urea groups is 1. The average Bonchev–Trinajstić information content (AvgIpc) is 3.17. The Bertz CT molecular complexity index is 781. The van der Waals surface area contributed by atoms with Crippen molar-refractivity contribution >= 4 is 17.4 Å². The molecule has 0 unspecified atom stereocenters. The van der Waals surface area contributed by atoms with Crippen molar-refractivity contribution < 1.29 is 28.5 Å². The van der Waals surface area contributed by atoms with Crippen LogP contribution in [-0.2, 0) is 14.2 Å². The Morgan fingerprint density at radius 1 is 1.16 bits per heavy atom. The molecule has 2 heterocycles. The van der Waals surface area contributed by atoms with Crippen LogP contribution < -0.4 is 15.5 Å². The highest BCUT2D eigenvalue weighted by Crippen LogP contribution is 2.40. The number of anilines is 2. The molecular formula is C22H32FN3O5. The maximum absolute atomic E-state index is 14.7. The zero-order chi connectivity index (χ0) is 22.1. The third-order valence-electron chi connectivity index (χ3n) is 6.30. The van der Waals surface area contributed by atoms with Crippen molar-refractivity contribution in [2.24, 2.45) is 0 Å². The number of carbonyl (C=O) groups excluding carboxylic acids is 1. The number of hydrogen-bond donors (Lipinski definition) is 3. The lowest BCUT2D eigenvalue weighted by atomic mass is 9.81. The summed E-state index contributed by atoms with van der Waals surface area (Å²) in [4.78, 5) is 14.3. The number of halogens is 1. The van der Waals surface area contributed by atoms with E-state index in [0.717, 1.165) is 0 Å². The normalized spacial score (nSPS) is 27.3. The zero-order valence-electron chi connectivity index (χ0n) is 18.2. The van der Waals surface area contributed by atoms with E-state index in [1.54, 1.807) is 12.1 Å². The molecule has 8 nitrogen and oxygen atoms in total. The molecule has 0 radical (unpaired) electrons. The fourth-order valence-electron chi connectivity index (χ4n) is 4.69. The van der Waals surface area contributed by atoms with E-state index < -0.39 is 23.2 Å². The van der Waals surface area contributed by atoms with Crippen LogP contribution in [0.1, 0.15) is 39.5 Å². The Hall–Kier alpha value is -1.94. The largest absolute Gasteiger partial charge is 0.388 e. The molecular weight excluding hydrogens is 405 g/mol. The molecule has 31 heavy (non-hydrogen) atoms. The fraction of sp³-hybridized carbons (Fsp3) is 0.682. The number of ether oxygens (including phenoxy) is 3. The number of carbonyl (C=O) groups is 1. The van der Waals surface area contributed by atoms with Gasteiger partial charge in [0.2, 0.25) is 0 Å². The van der Waals surface area contributed by atoms with Crippen LogP contribution in [0.4, 0.5) is 20.6 Å². The van der Waals surface area contributed by atoms with Crippen molar-refractivity contribution in [2.75, 3.05) is 43.1 Å². The minimum absolute atomic E-state index is 0.0268. The standard InChI is InChI=1S/C22H32FN3O5/c1-15-12-26(13-16(2)31-15)19-4-3-17(11-18(19)23)25-20(27)24-14-21(28)5-7-22(8-6-21)29-9-10-30-22/h3-4,11,15-16,28H,5-10,12-14H2,1-2H3,(H2,24,25,27)/t15-,16-/m1/s1. The number of morpholine rings is 1. The molecule has 1 aliphatic carbocycles. The maximum Gasteiger partial charge on any atom is 0.319 e.